The monoisotopic (exact) mass is 338 g/mol. The largest absolute Gasteiger partial charge is 0.326 e. The molecule has 0 saturated carbocycles. The highest BCUT2D eigenvalue weighted by Gasteiger charge is 2.14. The maximum Gasteiger partial charge on any atom is 0.233 e. The van der Waals surface area contributed by atoms with Crippen molar-refractivity contribution in [2.24, 2.45) is 0 Å². The molecule has 2 rings (SSSR count). The summed E-state index contributed by atoms with van der Waals surface area (Å²) in [5.41, 5.74) is 3.76. The van der Waals surface area contributed by atoms with Crippen LogP contribution in [0.5, 0.6) is 0 Å². The smallest absolute Gasteiger partial charge is 0.233 e. The van der Waals surface area contributed by atoms with E-state index in [9.17, 15) is 9.59 Å². The van der Waals surface area contributed by atoms with Gasteiger partial charge in [-0.05, 0) is 41.2 Å². The van der Waals surface area contributed by atoms with Gasteiger partial charge in [0.15, 0.2) is 0 Å². The van der Waals surface area contributed by atoms with Gasteiger partial charge >= 0.3 is 0 Å². The molecule has 0 aromatic heterocycles. The number of hydrogen-bond donors (Lipinski definition) is 2. The van der Waals surface area contributed by atoms with E-state index >= 15 is 0 Å². The molecule has 4 nitrogen and oxygen atoms in total. The molecule has 0 atom stereocenters. The second-order valence-electron chi connectivity index (χ2n) is 7.11. The number of amides is 2. The molecular formula is C21H26N2O2. The van der Waals surface area contributed by atoms with Crippen molar-refractivity contribution in [1.29, 1.82) is 0 Å². The average molecular weight is 338 g/mol. The van der Waals surface area contributed by atoms with Crippen molar-refractivity contribution < 1.29 is 9.59 Å². The lowest BCUT2D eigenvalue weighted by Crippen LogP contribution is -2.22. The highest BCUT2D eigenvalue weighted by Crippen LogP contribution is 2.23. The van der Waals surface area contributed by atoms with E-state index in [0.717, 1.165) is 17.7 Å². The number of anilines is 2. The molecule has 132 valence electrons. The minimum Gasteiger partial charge on any atom is -0.326 e. The van der Waals surface area contributed by atoms with Crippen LogP contribution in [0, 0.1) is 0 Å². The molecule has 0 radical (unpaired) electrons. The Morgan fingerprint density at radius 1 is 0.880 bits per heavy atom. The molecule has 0 fully saturated rings. The molecule has 0 heterocycles. The number of carbonyl (C=O) groups is 2. The maximum absolute atomic E-state index is 12.1. The lowest BCUT2D eigenvalue weighted by Gasteiger charge is -2.19. The van der Waals surface area contributed by atoms with E-state index in [0.29, 0.717) is 5.69 Å². The van der Waals surface area contributed by atoms with E-state index in [4.69, 9.17) is 0 Å². The Morgan fingerprint density at radius 2 is 1.48 bits per heavy atom. The van der Waals surface area contributed by atoms with E-state index in [1.54, 1.807) is 0 Å². The summed E-state index contributed by atoms with van der Waals surface area (Å²) in [7, 11) is 0. The molecule has 0 bridgehead atoms. The highest BCUT2D eigenvalue weighted by atomic mass is 16.2. The molecule has 2 aromatic rings. The Balaban J connectivity index is 1.92. The summed E-state index contributed by atoms with van der Waals surface area (Å²) in [4.78, 5) is 24.2. The predicted octanol–water partition coefficient (Wildman–Crippen LogP) is 4.51. The van der Waals surface area contributed by atoms with Gasteiger partial charge in [-0.3, -0.25) is 9.59 Å². The second kappa shape index (κ2) is 7.97. The molecule has 0 unspecified atom stereocenters. The van der Waals surface area contributed by atoms with Gasteiger partial charge in [0.05, 0.1) is 0 Å². The van der Waals surface area contributed by atoms with Gasteiger partial charge in [-0.1, -0.05) is 58.0 Å². The summed E-state index contributed by atoms with van der Waals surface area (Å²) in [6.07, 6.45) is 0.613. The fraction of sp³-hybridized carbons (Fsp3) is 0.333. The quantitative estimate of drug-likeness (QED) is 0.788. The zero-order valence-corrected chi connectivity index (χ0v) is 15.3. The molecular weight excluding hydrogens is 312 g/mol. The van der Waals surface area contributed by atoms with Gasteiger partial charge in [0.25, 0.3) is 0 Å². The van der Waals surface area contributed by atoms with Crippen molar-refractivity contribution in [2.45, 2.75) is 46.0 Å². The van der Waals surface area contributed by atoms with Gasteiger partial charge in [-0.15, -0.1) is 0 Å². The van der Waals surface area contributed by atoms with Crippen LogP contribution >= 0.6 is 0 Å². The molecule has 0 spiro atoms. The number of benzene rings is 2. The van der Waals surface area contributed by atoms with Crippen LogP contribution in [0.2, 0.25) is 0 Å². The summed E-state index contributed by atoms with van der Waals surface area (Å²) < 4.78 is 0. The van der Waals surface area contributed by atoms with Gasteiger partial charge in [0, 0.05) is 11.4 Å². The van der Waals surface area contributed by atoms with Crippen molar-refractivity contribution in [1.82, 2.24) is 0 Å². The second-order valence-corrected chi connectivity index (χ2v) is 7.11. The number of para-hydroxylation sites is 1. The molecule has 0 aliphatic carbocycles. The fourth-order valence-electron chi connectivity index (χ4n) is 2.55. The molecule has 0 aliphatic rings. The Kier molecular flexibility index (Phi) is 5.97. The molecule has 4 heteroatoms. The first-order valence-electron chi connectivity index (χ1n) is 8.57. The van der Waals surface area contributed by atoms with Crippen molar-refractivity contribution in [3.05, 3.63) is 59.7 Å². The van der Waals surface area contributed by atoms with E-state index in [2.05, 4.69) is 31.4 Å². The number of aryl methyl sites for hydroxylation is 1. The van der Waals surface area contributed by atoms with Gasteiger partial charge in [-0.2, -0.15) is 0 Å². The van der Waals surface area contributed by atoms with Gasteiger partial charge < -0.3 is 10.6 Å². The van der Waals surface area contributed by atoms with E-state index in [1.807, 2.05) is 55.5 Å². The third-order valence-corrected chi connectivity index (χ3v) is 4.03. The summed E-state index contributed by atoms with van der Waals surface area (Å²) >= 11 is 0. The molecule has 0 aliphatic heterocycles. The molecule has 25 heavy (non-hydrogen) atoms. The van der Waals surface area contributed by atoms with E-state index in [-0.39, 0.29) is 23.7 Å². The Labute approximate surface area is 149 Å². The van der Waals surface area contributed by atoms with Crippen molar-refractivity contribution in [3.63, 3.8) is 0 Å². The number of nitrogens with one attached hydrogen (secondary N) is 2. The van der Waals surface area contributed by atoms with Crippen LogP contribution in [0.4, 0.5) is 11.4 Å². The first kappa shape index (κ1) is 18.7. The van der Waals surface area contributed by atoms with Gasteiger partial charge in [0.2, 0.25) is 11.8 Å². The SMILES string of the molecule is CCc1ccccc1NC(=O)CC(=O)Nc1ccc(C(C)(C)C)cc1. The first-order valence-corrected chi connectivity index (χ1v) is 8.57. The Bertz CT molecular complexity index is 743. The zero-order chi connectivity index (χ0) is 18.4. The van der Waals surface area contributed by atoms with Crippen LogP contribution < -0.4 is 10.6 Å². The minimum absolute atomic E-state index is 0.0646. The lowest BCUT2D eigenvalue weighted by molar-refractivity contribution is -0.123. The predicted molar refractivity (Wildman–Crippen MR) is 103 cm³/mol. The standard InChI is InChI=1S/C21H26N2O2/c1-5-15-8-6-7-9-18(15)23-20(25)14-19(24)22-17-12-10-16(11-13-17)21(2,3)4/h6-13H,5,14H2,1-4H3,(H,22,24)(H,23,25). The topological polar surface area (TPSA) is 58.2 Å². The molecule has 0 saturated heterocycles. The summed E-state index contributed by atoms with van der Waals surface area (Å²) in [6, 6.07) is 15.3. The van der Waals surface area contributed by atoms with Crippen molar-refractivity contribution in [2.75, 3.05) is 10.6 Å². The molecule has 2 amide bonds. The van der Waals surface area contributed by atoms with Crippen LogP contribution in [0.1, 0.15) is 45.2 Å². The van der Waals surface area contributed by atoms with Crippen LogP contribution in [0.15, 0.2) is 48.5 Å². The molecule has 2 aromatic carbocycles. The summed E-state index contributed by atoms with van der Waals surface area (Å²) in [5, 5.41) is 5.57. The number of rotatable bonds is 5. The van der Waals surface area contributed by atoms with Crippen LogP contribution in [0.25, 0.3) is 0 Å². The van der Waals surface area contributed by atoms with Gasteiger partial charge in [0.1, 0.15) is 6.42 Å². The lowest BCUT2D eigenvalue weighted by atomic mass is 9.87. The number of hydrogen-bond acceptors (Lipinski definition) is 2. The normalized spacial score (nSPS) is 11.0. The Hall–Kier alpha value is -2.62. The number of carbonyl (C=O) groups excluding carboxylic acids is 2. The first-order chi connectivity index (χ1) is 11.8. The average Bonchev–Trinajstić information content (AvgIpc) is 2.54. The third-order valence-electron chi connectivity index (χ3n) is 4.03. The molecule has 2 N–H and O–H groups in total. The fourth-order valence-corrected chi connectivity index (χ4v) is 2.55. The van der Waals surface area contributed by atoms with Crippen molar-refractivity contribution >= 4 is 23.2 Å². The van der Waals surface area contributed by atoms with Crippen LogP contribution in [-0.4, -0.2) is 11.8 Å². The summed E-state index contributed by atoms with van der Waals surface area (Å²) in [6.45, 7) is 8.44. The van der Waals surface area contributed by atoms with Crippen molar-refractivity contribution in [3.8, 4) is 0 Å². The zero-order valence-electron chi connectivity index (χ0n) is 15.3. The third kappa shape index (κ3) is 5.45. The van der Waals surface area contributed by atoms with E-state index in [1.165, 1.54) is 5.56 Å². The van der Waals surface area contributed by atoms with Crippen LogP contribution in [-0.2, 0) is 21.4 Å². The van der Waals surface area contributed by atoms with Crippen LogP contribution in [0.3, 0.4) is 0 Å². The Morgan fingerprint density at radius 3 is 2.08 bits per heavy atom. The van der Waals surface area contributed by atoms with E-state index < -0.39 is 0 Å². The summed E-state index contributed by atoms with van der Waals surface area (Å²) in [5.74, 6) is -0.639. The minimum atomic E-state index is -0.324. The van der Waals surface area contributed by atoms with Gasteiger partial charge in [-0.25, -0.2) is 0 Å². The maximum atomic E-state index is 12.1. The highest BCUT2D eigenvalue weighted by molar-refractivity contribution is 6.08.